The number of halogens is 1. The molecule has 0 aliphatic rings. The summed E-state index contributed by atoms with van der Waals surface area (Å²) in [6.45, 7) is 0.494. The lowest BCUT2D eigenvalue weighted by Crippen LogP contribution is -2.03. The third-order valence-corrected chi connectivity index (χ3v) is 2.04. The summed E-state index contributed by atoms with van der Waals surface area (Å²) in [7, 11) is 0. The van der Waals surface area contributed by atoms with Gasteiger partial charge in [0.05, 0.1) is 4.92 Å². The number of nitro groups is 1. The average molecular weight is 245 g/mol. The van der Waals surface area contributed by atoms with Crippen LogP contribution in [-0.4, -0.2) is 11.5 Å². The van der Waals surface area contributed by atoms with Crippen molar-refractivity contribution in [3.05, 3.63) is 38.3 Å². The van der Waals surface area contributed by atoms with E-state index in [1.54, 1.807) is 0 Å². The molecule has 0 heterocycles. The number of hydrogen-bond acceptors (Lipinski definition) is 3. The smallest absolute Gasteiger partial charge is 0.270 e. The molecule has 2 N–H and O–H groups in total. The average Bonchev–Trinajstić information content (AvgIpc) is 2.03. The van der Waals surface area contributed by atoms with E-state index >= 15 is 0 Å². The molecule has 0 atom stereocenters. The third kappa shape index (κ3) is 2.78. The topological polar surface area (TPSA) is 69.2 Å². The maximum atomic E-state index is 10.5. The van der Waals surface area contributed by atoms with Crippen LogP contribution in [0.5, 0.6) is 0 Å². The molecule has 13 heavy (non-hydrogen) atoms. The maximum absolute atomic E-state index is 10.5. The first-order chi connectivity index (χ1) is 6.13. The molecule has 0 unspecified atom stereocenters. The highest BCUT2D eigenvalue weighted by Crippen LogP contribution is 2.21. The molecule has 0 bridgehead atoms. The van der Waals surface area contributed by atoms with E-state index in [2.05, 4.69) is 15.9 Å². The second-order valence-electron chi connectivity index (χ2n) is 2.61. The number of non-ortho nitro benzene ring substituents is 1. The van der Waals surface area contributed by atoms with Gasteiger partial charge in [-0.2, -0.15) is 0 Å². The third-order valence-electron chi connectivity index (χ3n) is 1.59. The summed E-state index contributed by atoms with van der Waals surface area (Å²) in [5.41, 5.74) is 6.33. The molecular weight excluding hydrogens is 236 g/mol. The van der Waals surface area contributed by atoms with Crippen LogP contribution in [0, 0.1) is 10.1 Å². The second kappa shape index (κ2) is 4.34. The van der Waals surface area contributed by atoms with Crippen molar-refractivity contribution < 1.29 is 4.92 Å². The predicted octanol–water partition coefficient (Wildman–Crippen LogP) is 1.86. The van der Waals surface area contributed by atoms with Crippen molar-refractivity contribution >= 4 is 21.6 Å². The molecule has 4 nitrogen and oxygen atoms in total. The van der Waals surface area contributed by atoms with E-state index in [-0.39, 0.29) is 5.69 Å². The van der Waals surface area contributed by atoms with E-state index < -0.39 is 4.92 Å². The Hall–Kier alpha value is -0.940. The van der Waals surface area contributed by atoms with Crippen molar-refractivity contribution in [1.82, 2.24) is 0 Å². The van der Waals surface area contributed by atoms with Gasteiger partial charge in [0.25, 0.3) is 5.69 Å². The Labute approximate surface area is 84.0 Å². The Morgan fingerprint density at radius 3 is 2.69 bits per heavy atom. The minimum atomic E-state index is -0.412. The molecule has 0 spiro atoms. The van der Waals surface area contributed by atoms with Crippen molar-refractivity contribution in [3.63, 3.8) is 0 Å². The largest absolute Gasteiger partial charge is 0.330 e. The van der Waals surface area contributed by atoms with Gasteiger partial charge in [0, 0.05) is 16.6 Å². The van der Waals surface area contributed by atoms with Gasteiger partial charge in [0.15, 0.2) is 0 Å². The number of rotatable bonds is 3. The SMILES string of the molecule is NCCc1cc(Br)cc([N+](=O)[O-])c1. The fourth-order valence-electron chi connectivity index (χ4n) is 1.05. The summed E-state index contributed by atoms with van der Waals surface area (Å²) in [4.78, 5) is 10.1. The van der Waals surface area contributed by atoms with E-state index in [1.165, 1.54) is 12.1 Å². The first-order valence-electron chi connectivity index (χ1n) is 3.77. The van der Waals surface area contributed by atoms with Gasteiger partial charge in [0.1, 0.15) is 0 Å². The Balaban J connectivity index is 3.03. The van der Waals surface area contributed by atoms with Gasteiger partial charge in [-0.25, -0.2) is 0 Å². The number of benzene rings is 1. The van der Waals surface area contributed by atoms with E-state index in [0.29, 0.717) is 17.4 Å². The van der Waals surface area contributed by atoms with Crippen LogP contribution in [0.2, 0.25) is 0 Å². The second-order valence-corrected chi connectivity index (χ2v) is 3.53. The molecule has 1 aromatic carbocycles. The lowest BCUT2D eigenvalue weighted by atomic mass is 10.1. The standard InChI is InChI=1S/C8H9BrN2O2/c9-7-3-6(1-2-10)4-8(5-7)11(12)13/h3-5H,1-2,10H2. The molecule has 0 saturated carbocycles. The molecular formula is C8H9BrN2O2. The van der Waals surface area contributed by atoms with Gasteiger partial charge in [-0.1, -0.05) is 15.9 Å². The molecule has 1 rings (SSSR count). The summed E-state index contributed by atoms with van der Waals surface area (Å²) in [6.07, 6.45) is 0.653. The quantitative estimate of drug-likeness (QED) is 0.652. The number of nitro benzene ring substituents is 1. The minimum Gasteiger partial charge on any atom is -0.330 e. The van der Waals surface area contributed by atoms with Crippen LogP contribution in [0.3, 0.4) is 0 Å². The van der Waals surface area contributed by atoms with Gasteiger partial charge in [-0.15, -0.1) is 0 Å². The van der Waals surface area contributed by atoms with Crippen LogP contribution >= 0.6 is 15.9 Å². The molecule has 0 amide bonds. The van der Waals surface area contributed by atoms with Gasteiger partial charge in [0.2, 0.25) is 0 Å². The molecule has 1 aromatic rings. The lowest BCUT2D eigenvalue weighted by molar-refractivity contribution is -0.385. The van der Waals surface area contributed by atoms with E-state index in [9.17, 15) is 10.1 Å². The fraction of sp³-hybridized carbons (Fsp3) is 0.250. The molecule has 70 valence electrons. The summed E-state index contributed by atoms with van der Waals surface area (Å²) >= 11 is 3.21. The van der Waals surface area contributed by atoms with Crippen LogP contribution in [0.4, 0.5) is 5.69 Å². The molecule has 0 radical (unpaired) electrons. The Kier molecular flexibility index (Phi) is 3.39. The normalized spacial score (nSPS) is 10.0. The molecule has 0 aromatic heterocycles. The van der Waals surface area contributed by atoms with Crippen LogP contribution in [-0.2, 0) is 6.42 Å². The number of nitrogens with two attached hydrogens (primary N) is 1. The number of hydrogen-bond donors (Lipinski definition) is 1. The van der Waals surface area contributed by atoms with Crippen LogP contribution in [0.1, 0.15) is 5.56 Å². The monoisotopic (exact) mass is 244 g/mol. The van der Waals surface area contributed by atoms with Gasteiger partial charge in [-0.3, -0.25) is 10.1 Å². The van der Waals surface area contributed by atoms with Gasteiger partial charge in [-0.05, 0) is 24.6 Å². The Morgan fingerprint density at radius 1 is 1.46 bits per heavy atom. The Bertz CT molecular complexity index is 328. The van der Waals surface area contributed by atoms with Crippen molar-refractivity contribution in [2.45, 2.75) is 6.42 Å². The first kappa shape index (κ1) is 10.1. The van der Waals surface area contributed by atoms with E-state index in [4.69, 9.17) is 5.73 Å². The predicted molar refractivity (Wildman–Crippen MR) is 53.6 cm³/mol. The highest BCUT2D eigenvalue weighted by molar-refractivity contribution is 9.10. The zero-order valence-corrected chi connectivity index (χ0v) is 8.45. The highest BCUT2D eigenvalue weighted by atomic mass is 79.9. The zero-order valence-electron chi connectivity index (χ0n) is 6.87. The minimum absolute atomic E-state index is 0.0952. The van der Waals surface area contributed by atoms with Crippen molar-refractivity contribution in [3.8, 4) is 0 Å². The Morgan fingerprint density at radius 2 is 2.15 bits per heavy atom. The van der Waals surface area contributed by atoms with Gasteiger partial charge < -0.3 is 5.73 Å². The molecule has 0 aliphatic carbocycles. The molecule has 5 heteroatoms. The van der Waals surface area contributed by atoms with Crippen molar-refractivity contribution in [2.75, 3.05) is 6.54 Å². The molecule has 0 aliphatic heterocycles. The van der Waals surface area contributed by atoms with Crippen LogP contribution < -0.4 is 5.73 Å². The van der Waals surface area contributed by atoms with E-state index in [1.807, 2.05) is 6.07 Å². The summed E-state index contributed by atoms with van der Waals surface area (Å²) in [5, 5.41) is 10.5. The van der Waals surface area contributed by atoms with Crippen LogP contribution in [0.25, 0.3) is 0 Å². The fourth-order valence-corrected chi connectivity index (χ4v) is 1.58. The van der Waals surface area contributed by atoms with Crippen LogP contribution in [0.15, 0.2) is 22.7 Å². The van der Waals surface area contributed by atoms with Crippen molar-refractivity contribution in [1.29, 1.82) is 0 Å². The zero-order chi connectivity index (χ0) is 9.84. The number of nitrogens with zero attached hydrogens (tertiary/aromatic N) is 1. The van der Waals surface area contributed by atoms with E-state index in [0.717, 1.165) is 5.56 Å². The maximum Gasteiger partial charge on any atom is 0.270 e. The molecule has 0 saturated heterocycles. The summed E-state index contributed by atoms with van der Waals surface area (Å²) in [6, 6.07) is 4.84. The highest BCUT2D eigenvalue weighted by Gasteiger charge is 2.07. The summed E-state index contributed by atoms with van der Waals surface area (Å²) < 4.78 is 0.713. The molecule has 0 fully saturated rings. The lowest BCUT2D eigenvalue weighted by Gasteiger charge is -1.99. The van der Waals surface area contributed by atoms with Crippen molar-refractivity contribution in [2.24, 2.45) is 5.73 Å². The summed E-state index contributed by atoms with van der Waals surface area (Å²) in [5.74, 6) is 0. The van der Waals surface area contributed by atoms with Gasteiger partial charge >= 0.3 is 0 Å². The first-order valence-corrected chi connectivity index (χ1v) is 4.56.